The van der Waals surface area contributed by atoms with E-state index in [2.05, 4.69) is 5.92 Å². The maximum Gasteiger partial charge on any atom is 0.211 e. The lowest BCUT2D eigenvalue weighted by molar-refractivity contribution is 0.185. The summed E-state index contributed by atoms with van der Waals surface area (Å²) in [5.74, 6) is 3.23. The Kier molecular flexibility index (Phi) is 3.47. The van der Waals surface area contributed by atoms with Crippen LogP contribution >= 0.6 is 0 Å². The fourth-order valence-corrected chi connectivity index (χ4v) is 2.90. The van der Waals surface area contributed by atoms with E-state index in [9.17, 15) is 8.42 Å². The highest BCUT2D eigenvalue weighted by molar-refractivity contribution is 7.88. The van der Waals surface area contributed by atoms with Crippen molar-refractivity contribution in [3.63, 3.8) is 0 Å². The molecular formula is C11H19NO2S. The molecular weight excluding hydrogens is 210 g/mol. The maximum atomic E-state index is 11.3. The van der Waals surface area contributed by atoms with Gasteiger partial charge in [-0.25, -0.2) is 12.7 Å². The van der Waals surface area contributed by atoms with Crippen LogP contribution in [0.1, 0.15) is 26.7 Å². The Morgan fingerprint density at radius 2 is 1.80 bits per heavy atom. The lowest BCUT2D eigenvalue weighted by Crippen LogP contribution is -2.41. The predicted octanol–water partition coefficient (Wildman–Crippen LogP) is 1.32. The molecule has 1 aliphatic rings. The van der Waals surface area contributed by atoms with Gasteiger partial charge >= 0.3 is 0 Å². The van der Waals surface area contributed by atoms with Gasteiger partial charge in [0.25, 0.3) is 0 Å². The highest BCUT2D eigenvalue weighted by Gasteiger charge is 2.33. The highest BCUT2D eigenvalue weighted by atomic mass is 32.2. The molecule has 0 bridgehead atoms. The van der Waals surface area contributed by atoms with Gasteiger partial charge in [0.2, 0.25) is 10.0 Å². The third kappa shape index (κ3) is 2.96. The molecule has 0 amide bonds. The molecule has 0 radical (unpaired) electrons. The van der Waals surface area contributed by atoms with Gasteiger partial charge < -0.3 is 0 Å². The Bertz CT molecular complexity index is 357. The fourth-order valence-electron chi connectivity index (χ4n) is 2.03. The molecule has 4 heteroatoms. The van der Waals surface area contributed by atoms with Crippen molar-refractivity contribution in [3.05, 3.63) is 0 Å². The van der Waals surface area contributed by atoms with Crippen molar-refractivity contribution in [2.24, 2.45) is 11.3 Å². The third-order valence-corrected chi connectivity index (χ3v) is 4.62. The number of hydrogen-bond donors (Lipinski definition) is 0. The minimum atomic E-state index is -3.02. The molecule has 1 saturated heterocycles. The van der Waals surface area contributed by atoms with Crippen molar-refractivity contribution in [1.82, 2.24) is 4.31 Å². The first-order chi connectivity index (χ1) is 6.77. The summed E-state index contributed by atoms with van der Waals surface area (Å²) in [6.07, 6.45) is 8.47. The molecule has 86 valence electrons. The molecule has 0 atom stereocenters. The van der Waals surface area contributed by atoms with E-state index in [-0.39, 0.29) is 5.41 Å². The van der Waals surface area contributed by atoms with E-state index < -0.39 is 10.0 Å². The molecule has 0 saturated carbocycles. The van der Waals surface area contributed by atoms with Crippen molar-refractivity contribution < 1.29 is 8.42 Å². The summed E-state index contributed by atoms with van der Waals surface area (Å²) in [6, 6.07) is 0. The summed E-state index contributed by atoms with van der Waals surface area (Å²) in [6.45, 7) is 5.31. The maximum absolute atomic E-state index is 11.3. The van der Waals surface area contributed by atoms with Crippen LogP contribution in [0.15, 0.2) is 0 Å². The van der Waals surface area contributed by atoms with Gasteiger partial charge in [0.15, 0.2) is 0 Å². The van der Waals surface area contributed by atoms with Crippen LogP contribution in [0, 0.1) is 23.7 Å². The van der Waals surface area contributed by atoms with E-state index in [0.29, 0.717) is 19.0 Å². The van der Waals surface area contributed by atoms with Gasteiger partial charge in [-0.05, 0) is 32.6 Å². The number of sulfonamides is 1. The van der Waals surface area contributed by atoms with E-state index in [0.717, 1.165) is 12.8 Å². The third-order valence-electron chi connectivity index (χ3n) is 3.32. The van der Waals surface area contributed by atoms with E-state index in [1.54, 1.807) is 0 Å². The number of nitrogens with zero attached hydrogens (tertiary/aromatic N) is 1. The Hall–Kier alpha value is -0.530. The van der Waals surface area contributed by atoms with E-state index in [4.69, 9.17) is 6.42 Å². The predicted molar refractivity (Wildman–Crippen MR) is 61.8 cm³/mol. The molecule has 3 nitrogen and oxygen atoms in total. The molecule has 0 aromatic carbocycles. The number of piperidine rings is 1. The zero-order valence-corrected chi connectivity index (χ0v) is 10.5. The fraction of sp³-hybridized carbons (Fsp3) is 0.818. The second-order valence-electron chi connectivity index (χ2n) is 4.80. The van der Waals surface area contributed by atoms with E-state index >= 15 is 0 Å². The first-order valence-corrected chi connectivity index (χ1v) is 7.05. The normalized spacial score (nSPS) is 21.2. The summed E-state index contributed by atoms with van der Waals surface area (Å²) in [7, 11) is -3.02. The van der Waals surface area contributed by atoms with Crippen LogP contribution in [0.4, 0.5) is 0 Å². The van der Waals surface area contributed by atoms with Crippen molar-refractivity contribution in [1.29, 1.82) is 0 Å². The second kappa shape index (κ2) is 4.15. The number of terminal acetylenes is 1. The van der Waals surface area contributed by atoms with Crippen LogP contribution in [0.2, 0.25) is 0 Å². The van der Waals surface area contributed by atoms with Gasteiger partial charge in [0, 0.05) is 18.5 Å². The van der Waals surface area contributed by atoms with Crippen molar-refractivity contribution in [2.75, 3.05) is 19.3 Å². The number of hydrogen-bond acceptors (Lipinski definition) is 2. The topological polar surface area (TPSA) is 37.4 Å². The number of rotatable bonds is 2. The van der Waals surface area contributed by atoms with E-state index in [1.807, 2.05) is 13.8 Å². The second-order valence-corrected chi connectivity index (χ2v) is 6.78. The van der Waals surface area contributed by atoms with Crippen LogP contribution in [0.5, 0.6) is 0 Å². The molecule has 1 fully saturated rings. The molecule has 0 unspecified atom stereocenters. The molecule has 0 aromatic heterocycles. The Morgan fingerprint density at radius 1 is 1.33 bits per heavy atom. The minimum absolute atomic E-state index is 0.121. The molecule has 1 aliphatic heterocycles. The molecule has 1 heterocycles. The Morgan fingerprint density at radius 3 is 2.13 bits per heavy atom. The van der Waals surface area contributed by atoms with Crippen molar-refractivity contribution >= 4 is 10.0 Å². The van der Waals surface area contributed by atoms with Gasteiger partial charge in [-0.3, -0.25) is 0 Å². The molecule has 15 heavy (non-hydrogen) atoms. The van der Waals surface area contributed by atoms with Crippen molar-refractivity contribution in [3.8, 4) is 12.3 Å². The molecule has 0 N–H and O–H groups in total. The van der Waals surface area contributed by atoms with Crippen molar-refractivity contribution in [2.45, 2.75) is 26.7 Å². The largest absolute Gasteiger partial charge is 0.213 e. The lowest BCUT2D eigenvalue weighted by atomic mass is 9.75. The smallest absolute Gasteiger partial charge is 0.211 e. The van der Waals surface area contributed by atoms with Gasteiger partial charge in [-0.1, -0.05) is 0 Å². The summed E-state index contributed by atoms with van der Waals surface area (Å²) < 4.78 is 24.1. The van der Waals surface area contributed by atoms with Crippen LogP contribution in [-0.2, 0) is 10.0 Å². The van der Waals surface area contributed by atoms with Gasteiger partial charge in [-0.2, -0.15) is 0 Å². The molecule has 0 spiro atoms. The minimum Gasteiger partial charge on any atom is -0.213 e. The lowest BCUT2D eigenvalue weighted by Gasteiger charge is -2.36. The quantitative estimate of drug-likeness (QED) is 0.670. The summed E-state index contributed by atoms with van der Waals surface area (Å²) in [5, 5.41) is 0. The van der Waals surface area contributed by atoms with Crippen LogP contribution in [-0.4, -0.2) is 32.1 Å². The molecule has 1 rings (SSSR count). The average molecular weight is 229 g/mol. The Balaban J connectivity index is 2.62. The first-order valence-electron chi connectivity index (χ1n) is 5.20. The van der Waals surface area contributed by atoms with Crippen LogP contribution in [0.3, 0.4) is 0 Å². The summed E-state index contributed by atoms with van der Waals surface area (Å²) in [5.41, 5.74) is -0.121. The van der Waals surface area contributed by atoms with Crippen LogP contribution < -0.4 is 0 Å². The van der Waals surface area contributed by atoms with E-state index in [1.165, 1.54) is 10.6 Å². The van der Waals surface area contributed by atoms with Gasteiger partial charge in [-0.15, -0.1) is 12.3 Å². The Labute approximate surface area is 92.9 Å². The molecule has 0 aromatic rings. The average Bonchev–Trinajstić information content (AvgIpc) is 2.17. The first kappa shape index (κ1) is 12.5. The van der Waals surface area contributed by atoms with Gasteiger partial charge in [0.1, 0.15) is 0 Å². The van der Waals surface area contributed by atoms with Crippen LogP contribution in [0.25, 0.3) is 0 Å². The zero-order valence-electron chi connectivity index (χ0n) is 9.66. The SMILES string of the molecule is C#CC(C)(C)C1CCN(S(C)(=O)=O)CC1. The summed E-state index contributed by atoms with van der Waals surface area (Å²) >= 11 is 0. The standard InChI is InChI=1S/C11H19NO2S/c1-5-11(2,3)10-6-8-12(9-7-10)15(4,13)14/h1,10H,6-9H2,2-4H3. The van der Waals surface area contributed by atoms with Gasteiger partial charge in [0.05, 0.1) is 6.26 Å². The highest BCUT2D eigenvalue weighted by Crippen LogP contribution is 2.34. The monoisotopic (exact) mass is 229 g/mol. The molecule has 0 aliphatic carbocycles. The summed E-state index contributed by atoms with van der Waals surface area (Å²) in [4.78, 5) is 0. The zero-order chi connectivity index (χ0) is 11.7.